The highest BCUT2D eigenvalue weighted by atomic mass is 79.9. The molecule has 0 saturated carbocycles. The molecule has 0 amide bonds. The van der Waals surface area contributed by atoms with Gasteiger partial charge in [0.2, 0.25) is 5.69 Å². The lowest BCUT2D eigenvalue weighted by molar-refractivity contribution is -0.347. The van der Waals surface area contributed by atoms with E-state index < -0.39 is 0 Å². The monoisotopic (exact) mass is 439 g/mol. The van der Waals surface area contributed by atoms with Crippen molar-refractivity contribution >= 4 is 39.5 Å². The number of carbonyl (C=O) groups excluding carboxylic acids is 1. The average Bonchev–Trinajstić information content (AvgIpc) is 2.73. The molecule has 0 saturated heterocycles. The van der Waals surface area contributed by atoms with Crippen LogP contribution in [0.25, 0.3) is 0 Å². The molecule has 0 aliphatic heterocycles. The number of hydrogen-bond acceptors (Lipinski definition) is 3. The molecule has 1 aliphatic rings. The Balaban J connectivity index is 1.87. The molecule has 1 atom stereocenters. The van der Waals surface area contributed by atoms with Crippen LogP contribution in [-0.2, 0) is 9.53 Å². The number of hydrogen-bond donors (Lipinski definition) is 2. The largest absolute Gasteiger partial charge is 0.466 e. The van der Waals surface area contributed by atoms with E-state index in [1.807, 2.05) is 80.0 Å². The van der Waals surface area contributed by atoms with Gasteiger partial charge in [0.05, 0.1) is 12.5 Å². The minimum absolute atomic E-state index is 0.154. The number of benzene rings is 2. The topological polar surface area (TPSA) is 52.3 Å². The van der Waals surface area contributed by atoms with Crippen LogP contribution in [0, 0.1) is 5.92 Å². The molecule has 0 spiro atoms. The Kier molecular flexibility index (Phi) is 7.20. The van der Waals surface area contributed by atoms with E-state index in [-0.39, 0.29) is 11.9 Å². The Morgan fingerprint density at radius 2 is 1.82 bits per heavy atom. The fourth-order valence-corrected chi connectivity index (χ4v) is 3.62. The van der Waals surface area contributed by atoms with Crippen molar-refractivity contribution in [1.29, 1.82) is 0 Å². The highest BCUT2D eigenvalue weighted by Gasteiger charge is 2.30. The van der Waals surface area contributed by atoms with Gasteiger partial charge in [-0.1, -0.05) is 36.4 Å². The van der Waals surface area contributed by atoms with Gasteiger partial charge >= 0.3 is 5.97 Å². The molecular formula is C23H24BrN2O2+. The first-order valence-corrected chi connectivity index (χ1v) is 10.2. The van der Waals surface area contributed by atoms with Gasteiger partial charge in [0.25, 0.3) is 0 Å². The zero-order valence-corrected chi connectivity index (χ0v) is 17.4. The molecule has 0 fully saturated rings. The maximum Gasteiger partial charge on any atom is 0.309 e. The summed E-state index contributed by atoms with van der Waals surface area (Å²) in [4.78, 5) is 15.7. The van der Waals surface area contributed by atoms with E-state index in [4.69, 9.17) is 4.74 Å². The average molecular weight is 440 g/mol. The number of halogens is 1. The van der Waals surface area contributed by atoms with E-state index >= 15 is 0 Å². The molecule has 3 rings (SSSR count). The molecule has 1 aliphatic carbocycles. The van der Waals surface area contributed by atoms with Gasteiger partial charge in [-0.25, -0.2) is 4.99 Å². The summed E-state index contributed by atoms with van der Waals surface area (Å²) in [6.45, 7) is 2.23. The molecule has 0 heterocycles. The third kappa shape index (κ3) is 5.42. The third-order valence-electron chi connectivity index (χ3n) is 4.49. The summed E-state index contributed by atoms with van der Waals surface area (Å²) in [6.07, 6.45) is 5.17. The Hall–Kier alpha value is -2.66. The van der Waals surface area contributed by atoms with Crippen LogP contribution in [0.15, 0.2) is 82.5 Å². The maximum atomic E-state index is 12.4. The second kappa shape index (κ2) is 10.0. The lowest BCUT2D eigenvalue weighted by Gasteiger charge is -2.23. The minimum atomic E-state index is -0.200. The summed E-state index contributed by atoms with van der Waals surface area (Å²) >= 11 is 3.73. The van der Waals surface area contributed by atoms with Gasteiger partial charge in [-0.05, 0) is 53.4 Å². The van der Waals surface area contributed by atoms with Gasteiger partial charge in [-0.15, -0.1) is 0 Å². The number of allylic oxidation sites excluding steroid dienone is 3. The van der Waals surface area contributed by atoms with Crippen molar-refractivity contribution in [3.63, 3.8) is 0 Å². The van der Waals surface area contributed by atoms with E-state index in [0.29, 0.717) is 19.4 Å². The van der Waals surface area contributed by atoms with Crippen LogP contribution in [0.3, 0.4) is 0 Å². The van der Waals surface area contributed by atoms with Crippen LogP contribution in [0.5, 0.6) is 0 Å². The number of carbonyl (C=O) groups is 1. The second-order valence-electron chi connectivity index (χ2n) is 6.53. The Morgan fingerprint density at radius 3 is 2.50 bits per heavy atom. The van der Waals surface area contributed by atoms with Gasteiger partial charge in [0.15, 0.2) is 6.21 Å². The highest BCUT2D eigenvalue weighted by molar-refractivity contribution is 9.12. The molecule has 144 valence electrons. The summed E-state index contributed by atoms with van der Waals surface area (Å²) in [7, 11) is 0. The fourth-order valence-electron chi connectivity index (χ4n) is 3.07. The van der Waals surface area contributed by atoms with Crippen molar-refractivity contribution in [1.82, 2.24) is 0 Å². The van der Waals surface area contributed by atoms with E-state index in [9.17, 15) is 4.79 Å². The normalized spacial score (nSPS) is 18.5. The van der Waals surface area contributed by atoms with Crippen molar-refractivity contribution in [2.45, 2.75) is 19.8 Å². The first kappa shape index (κ1) is 20.1. The van der Waals surface area contributed by atoms with Crippen LogP contribution in [0.4, 0.5) is 11.4 Å². The highest BCUT2D eigenvalue weighted by Crippen LogP contribution is 2.36. The first-order valence-electron chi connectivity index (χ1n) is 9.38. The van der Waals surface area contributed by atoms with E-state index in [1.54, 1.807) is 0 Å². The summed E-state index contributed by atoms with van der Waals surface area (Å²) in [5, 5.41) is 3.32. The lowest BCUT2D eigenvalue weighted by Crippen LogP contribution is -2.61. The molecule has 1 unspecified atom stereocenters. The Bertz CT molecular complexity index is 889. The standard InChI is InChI=1S/C23H23BrN2O2/c1-2-28-23(27)17-13-18(15-25-20-9-5-3-6-10-20)22(24)19(14-17)16-26-21-11-7-4-8-12-21/h3-12,15-17,25H,2,13-14H2,1H3/p+1/b18-15+,26-16?. The van der Waals surface area contributed by atoms with Crippen LogP contribution in [0.1, 0.15) is 19.8 Å². The maximum absolute atomic E-state index is 12.4. The van der Waals surface area contributed by atoms with Gasteiger partial charge in [0.1, 0.15) is 0 Å². The number of para-hydroxylation sites is 2. The molecule has 4 nitrogen and oxygen atoms in total. The molecule has 2 N–H and O–H groups in total. The molecule has 0 radical (unpaired) electrons. The quantitative estimate of drug-likeness (QED) is 0.526. The zero-order valence-electron chi connectivity index (χ0n) is 15.8. The first-order chi connectivity index (χ1) is 13.7. The lowest BCUT2D eigenvalue weighted by atomic mass is 9.86. The van der Waals surface area contributed by atoms with Crippen LogP contribution < -0.4 is 10.3 Å². The van der Waals surface area contributed by atoms with Crippen molar-refractivity contribution in [3.8, 4) is 0 Å². The van der Waals surface area contributed by atoms with Crippen molar-refractivity contribution in [2.75, 3.05) is 11.9 Å². The molecule has 2 aromatic rings. The summed E-state index contributed by atoms with van der Waals surface area (Å²) in [6, 6.07) is 19.9. The summed E-state index contributed by atoms with van der Waals surface area (Å²) in [5.74, 6) is -0.354. The van der Waals surface area contributed by atoms with Crippen molar-refractivity contribution in [3.05, 3.63) is 82.5 Å². The van der Waals surface area contributed by atoms with E-state index in [1.165, 1.54) is 0 Å². The van der Waals surface area contributed by atoms with Gasteiger partial charge in [-0.2, -0.15) is 0 Å². The number of ether oxygens (including phenoxy) is 1. The number of rotatable bonds is 6. The van der Waals surface area contributed by atoms with Crippen molar-refractivity contribution in [2.24, 2.45) is 5.92 Å². The van der Waals surface area contributed by atoms with Gasteiger partial charge in [-0.3, -0.25) is 4.79 Å². The third-order valence-corrected chi connectivity index (χ3v) is 5.51. The van der Waals surface area contributed by atoms with Crippen LogP contribution in [-0.4, -0.2) is 18.8 Å². The second-order valence-corrected chi connectivity index (χ2v) is 7.32. The van der Waals surface area contributed by atoms with Gasteiger partial charge in [0, 0.05) is 34.1 Å². The predicted molar refractivity (Wildman–Crippen MR) is 117 cm³/mol. The summed E-state index contributed by atoms with van der Waals surface area (Å²) < 4.78 is 6.28. The number of esters is 1. The predicted octanol–water partition coefficient (Wildman–Crippen LogP) is 4.09. The Labute approximate surface area is 174 Å². The fraction of sp³-hybridized carbons (Fsp3) is 0.217. The van der Waals surface area contributed by atoms with E-state index in [2.05, 4.69) is 26.2 Å². The van der Waals surface area contributed by atoms with Crippen LogP contribution in [0.2, 0.25) is 0 Å². The van der Waals surface area contributed by atoms with Gasteiger partial charge < -0.3 is 10.1 Å². The molecule has 0 aromatic heterocycles. The molecule has 28 heavy (non-hydrogen) atoms. The number of nitrogens with one attached hydrogen (secondary N) is 2. The number of anilines is 1. The van der Waals surface area contributed by atoms with Crippen LogP contribution >= 0.6 is 15.9 Å². The van der Waals surface area contributed by atoms with E-state index in [0.717, 1.165) is 27.0 Å². The van der Waals surface area contributed by atoms with Crippen molar-refractivity contribution < 1.29 is 14.5 Å². The molecule has 0 bridgehead atoms. The minimum Gasteiger partial charge on any atom is -0.466 e. The summed E-state index contributed by atoms with van der Waals surface area (Å²) in [5.41, 5.74) is 4.08. The smallest absolute Gasteiger partial charge is 0.309 e. The SMILES string of the molecule is CCOC(=O)C1CC(C=[NH+]c2ccccc2)=C(Br)/C(=C/Nc2ccccc2)C1. The molecule has 5 heteroatoms. The zero-order chi connectivity index (χ0) is 19.8. The molecular weight excluding hydrogens is 416 g/mol. The Morgan fingerprint density at radius 1 is 1.14 bits per heavy atom. The molecule has 2 aromatic carbocycles.